The molecule has 3 rings (SSSR count). The Morgan fingerprint density at radius 3 is 2.23 bits per heavy atom. The van der Waals surface area contributed by atoms with Crippen LogP contribution in [0.5, 0.6) is 0 Å². The third-order valence-corrected chi connectivity index (χ3v) is 4.83. The molecule has 0 spiro atoms. The quantitative estimate of drug-likeness (QED) is 0.639. The zero-order valence-corrected chi connectivity index (χ0v) is 15.5. The van der Waals surface area contributed by atoms with E-state index in [2.05, 4.69) is 24.5 Å². The summed E-state index contributed by atoms with van der Waals surface area (Å²) in [5.41, 5.74) is 3.04. The molecular formula is C21H20N2O2S. The fourth-order valence-corrected chi connectivity index (χ4v) is 3.11. The largest absolute Gasteiger partial charge is 0.322 e. The maximum Gasteiger partial charge on any atom is 0.265 e. The van der Waals surface area contributed by atoms with E-state index >= 15 is 0 Å². The Morgan fingerprint density at radius 2 is 1.58 bits per heavy atom. The maximum absolute atomic E-state index is 12.5. The van der Waals surface area contributed by atoms with Crippen LogP contribution in [0.3, 0.4) is 0 Å². The highest BCUT2D eigenvalue weighted by molar-refractivity contribution is 7.12. The van der Waals surface area contributed by atoms with Gasteiger partial charge in [0.25, 0.3) is 11.8 Å². The number of amides is 2. The summed E-state index contributed by atoms with van der Waals surface area (Å²) in [6.45, 7) is 4.26. The van der Waals surface area contributed by atoms with Gasteiger partial charge in [0.15, 0.2) is 0 Å². The van der Waals surface area contributed by atoms with Gasteiger partial charge in [-0.1, -0.05) is 38.1 Å². The lowest BCUT2D eigenvalue weighted by molar-refractivity contribution is 0.101. The smallest absolute Gasteiger partial charge is 0.265 e. The number of carbonyl (C=O) groups is 2. The molecule has 2 N–H and O–H groups in total. The summed E-state index contributed by atoms with van der Waals surface area (Å²) in [5, 5.41) is 7.55. The lowest BCUT2D eigenvalue weighted by atomic mass is 10.0. The number of hydrogen-bond donors (Lipinski definition) is 2. The molecule has 0 atom stereocenters. The van der Waals surface area contributed by atoms with Crippen LogP contribution in [-0.4, -0.2) is 11.8 Å². The minimum Gasteiger partial charge on any atom is -0.322 e. The molecule has 1 heterocycles. The van der Waals surface area contributed by atoms with E-state index in [9.17, 15) is 9.59 Å². The van der Waals surface area contributed by atoms with Crippen LogP contribution in [-0.2, 0) is 0 Å². The third kappa shape index (κ3) is 4.37. The summed E-state index contributed by atoms with van der Waals surface area (Å²) in [6, 6.07) is 18.3. The van der Waals surface area contributed by atoms with Gasteiger partial charge in [-0.05, 0) is 53.3 Å². The van der Waals surface area contributed by atoms with Crippen molar-refractivity contribution in [3.8, 4) is 0 Å². The van der Waals surface area contributed by atoms with Crippen LogP contribution < -0.4 is 10.6 Å². The highest BCUT2D eigenvalue weighted by Crippen LogP contribution is 2.19. The average molecular weight is 364 g/mol. The molecule has 0 unspecified atom stereocenters. The molecule has 2 aromatic carbocycles. The van der Waals surface area contributed by atoms with E-state index < -0.39 is 0 Å². The van der Waals surface area contributed by atoms with Crippen molar-refractivity contribution >= 4 is 34.5 Å². The first kappa shape index (κ1) is 17.9. The summed E-state index contributed by atoms with van der Waals surface area (Å²) < 4.78 is 0. The number of thiophene rings is 1. The Labute approximate surface area is 156 Å². The third-order valence-electron chi connectivity index (χ3n) is 3.96. The number of nitrogens with one attached hydrogen (secondary N) is 2. The highest BCUT2D eigenvalue weighted by atomic mass is 32.1. The van der Waals surface area contributed by atoms with Crippen LogP contribution in [0, 0.1) is 0 Å². The molecule has 132 valence electrons. The van der Waals surface area contributed by atoms with Crippen LogP contribution in [0.2, 0.25) is 0 Å². The van der Waals surface area contributed by atoms with Gasteiger partial charge in [0.1, 0.15) is 0 Å². The predicted octanol–water partition coefficient (Wildman–Crippen LogP) is 5.38. The van der Waals surface area contributed by atoms with Gasteiger partial charge in [0.05, 0.1) is 4.88 Å². The molecule has 0 fully saturated rings. The average Bonchev–Trinajstić information content (AvgIpc) is 3.17. The second kappa shape index (κ2) is 7.97. The molecule has 0 saturated heterocycles. The van der Waals surface area contributed by atoms with Crippen LogP contribution in [0.1, 0.15) is 45.4 Å². The van der Waals surface area contributed by atoms with Crippen molar-refractivity contribution in [2.75, 3.05) is 10.6 Å². The summed E-state index contributed by atoms with van der Waals surface area (Å²) in [5.74, 6) is 0.0553. The fraction of sp³-hybridized carbons (Fsp3) is 0.143. The van der Waals surface area contributed by atoms with Crippen LogP contribution >= 0.6 is 11.3 Å². The molecular weight excluding hydrogens is 344 g/mol. The minimum absolute atomic E-state index is 0.179. The van der Waals surface area contributed by atoms with E-state index in [0.29, 0.717) is 22.0 Å². The molecule has 0 saturated carbocycles. The van der Waals surface area contributed by atoms with Gasteiger partial charge in [0.2, 0.25) is 0 Å². The SMILES string of the molecule is CC(C)c1ccc(NC(=O)c2cccc(NC(=O)c3cccs3)c2)cc1. The molecule has 0 aliphatic heterocycles. The normalized spacial score (nSPS) is 10.6. The second-order valence-electron chi connectivity index (χ2n) is 6.24. The Balaban J connectivity index is 1.69. The summed E-state index contributed by atoms with van der Waals surface area (Å²) in [4.78, 5) is 25.2. The second-order valence-corrected chi connectivity index (χ2v) is 7.19. The lowest BCUT2D eigenvalue weighted by Crippen LogP contribution is -2.14. The van der Waals surface area contributed by atoms with E-state index in [1.165, 1.54) is 16.9 Å². The lowest BCUT2D eigenvalue weighted by Gasteiger charge is -2.10. The van der Waals surface area contributed by atoms with Gasteiger partial charge >= 0.3 is 0 Å². The Hall–Kier alpha value is -2.92. The van der Waals surface area contributed by atoms with Crippen molar-refractivity contribution in [2.45, 2.75) is 19.8 Å². The number of hydrogen-bond acceptors (Lipinski definition) is 3. The monoisotopic (exact) mass is 364 g/mol. The Bertz CT molecular complexity index is 900. The zero-order chi connectivity index (χ0) is 18.5. The van der Waals surface area contributed by atoms with Gasteiger partial charge < -0.3 is 10.6 Å². The number of rotatable bonds is 5. The molecule has 1 aromatic heterocycles. The number of carbonyl (C=O) groups excluding carboxylic acids is 2. The first-order valence-corrected chi connectivity index (χ1v) is 9.27. The minimum atomic E-state index is -0.213. The number of benzene rings is 2. The predicted molar refractivity (Wildman–Crippen MR) is 107 cm³/mol. The van der Waals surface area contributed by atoms with Crippen LogP contribution in [0.15, 0.2) is 66.0 Å². The van der Waals surface area contributed by atoms with Crippen molar-refractivity contribution < 1.29 is 9.59 Å². The molecule has 0 aliphatic carbocycles. The van der Waals surface area contributed by atoms with E-state index in [1.54, 1.807) is 30.3 Å². The van der Waals surface area contributed by atoms with Crippen molar-refractivity contribution in [1.29, 1.82) is 0 Å². The zero-order valence-electron chi connectivity index (χ0n) is 14.7. The summed E-state index contributed by atoms with van der Waals surface area (Å²) >= 11 is 1.37. The van der Waals surface area contributed by atoms with E-state index in [0.717, 1.165) is 5.69 Å². The Morgan fingerprint density at radius 1 is 0.846 bits per heavy atom. The maximum atomic E-state index is 12.5. The molecule has 0 bridgehead atoms. The first-order chi connectivity index (χ1) is 12.5. The standard InChI is InChI=1S/C21H20N2O2S/c1-14(2)15-8-10-17(11-9-15)22-20(24)16-5-3-6-18(13-16)23-21(25)19-7-4-12-26-19/h3-14H,1-2H3,(H,22,24)(H,23,25). The van der Waals surface area contributed by atoms with Crippen molar-refractivity contribution in [3.05, 3.63) is 82.0 Å². The first-order valence-electron chi connectivity index (χ1n) is 8.39. The van der Waals surface area contributed by atoms with Gasteiger partial charge in [-0.2, -0.15) is 0 Å². The summed E-state index contributed by atoms with van der Waals surface area (Å²) in [7, 11) is 0. The summed E-state index contributed by atoms with van der Waals surface area (Å²) in [6.07, 6.45) is 0. The van der Waals surface area contributed by atoms with Crippen molar-refractivity contribution in [2.24, 2.45) is 0 Å². The Kier molecular flexibility index (Phi) is 5.49. The number of anilines is 2. The van der Waals surface area contributed by atoms with E-state index in [-0.39, 0.29) is 11.8 Å². The molecule has 3 aromatic rings. The molecule has 0 radical (unpaired) electrons. The van der Waals surface area contributed by atoms with E-state index in [1.807, 2.05) is 35.7 Å². The van der Waals surface area contributed by atoms with Gasteiger partial charge in [0, 0.05) is 16.9 Å². The topological polar surface area (TPSA) is 58.2 Å². The highest BCUT2D eigenvalue weighted by Gasteiger charge is 2.10. The molecule has 5 heteroatoms. The fourth-order valence-electron chi connectivity index (χ4n) is 2.49. The van der Waals surface area contributed by atoms with Crippen LogP contribution in [0.25, 0.3) is 0 Å². The van der Waals surface area contributed by atoms with Gasteiger partial charge in [-0.25, -0.2) is 0 Å². The molecule has 26 heavy (non-hydrogen) atoms. The van der Waals surface area contributed by atoms with Crippen molar-refractivity contribution in [3.63, 3.8) is 0 Å². The molecule has 2 amide bonds. The van der Waals surface area contributed by atoms with Crippen LogP contribution in [0.4, 0.5) is 11.4 Å². The molecule has 4 nitrogen and oxygen atoms in total. The van der Waals surface area contributed by atoms with E-state index in [4.69, 9.17) is 0 Å². The molecule has 0 aliphatic rings. The van der Waals surface area contributed by atoms with Crippen molar-refractivity contribution in [1.82, 2.24) is 0 Å². The van der Waals surface area contributed by atoms with Gasteiger partial charge in [-0.3, -0.25) is 9.59 Å². The van der Waals surface area contributed by atoms with Gasteiger partial charge in [-0.15, -0.1) is 11.3 Å².